The van der Waals surface area contributed by atoms with E-state index in [1.165, 1.54) is 22.3 Å². The van der Waals surface area contributed by atoms with Crippen LogP contribution >= 0.6 is 0 Å². The lowest BCUT2D eigenvalue weighted by molar-refractivity contribution is 0.483. The third-order valence-corrected chi connectivity index (χ3v) is 10.4. The van der Waals surface area contributed by atoms with Gasteiger partial charge in [-0.3, -0.25) is 0 Å². The van der Waals surface area contributed by atoms with Gasteiger partial charge in [-0.05, 0) is 105 Å². The molecule has 0 unspecified atom stereocenters. The van der Waals surface area contributed by atoms with Gasteiger partial charge in [0.15, 0.2) is 5.58 Å². The monoisotopic (exact) mass is 732 g/mol. The summed E-state index contributed by atoms with van der Waals surface area (Å²) in [7, 11) is 0. The van der Waals surface area contributed by atoms with Crippen LogP contribution in [0.15, 0.2) is 223 Å². The molecule has 0 saturated heterocycles. The number of ether oxygens (including phenoxy) is 1. The van der Waals surface area contributed by atoms with E-state index in [9.17, 15) is 0 Å². The molecule has 0 amide bonds. The molecular formula is C53H36N2O2. The van der Waals surface area contributed by atoms with Crippen LogP contribution in [0.4, 0.5) is 17.1 Å². The molecule has 0 saturated carbocycles. The van der Waals surface area contributed by atoms with Crippen LogP contribution in [0.1, 0.15) is 0 Å². The van der Waals surface area contributed by atoms with Gasteiger partial charge in [-0.25, -0.2) is 4.98 Å². The molecule has 0 N–H and O–H groups in total. The highest BCUT2D eigenvalue weighted by atomic mass is 16.5. The molecule has 0 bridgehead atoms. The van der Waals surface area contributed by atoms with Crippen LogP contribution in [-0.2, 0) is 0 Å². The topological polar surface area (TPSA) is 38.5 Å². The molecule has 0 spiro atoms. The van der Waals surface area contributed by atoms with Gasteiger partial charge in [0.05, 0.1) is 0 Å². The predicted octanol–water partition coefficient (Wildman–Crippen LogP) is 14.9. The van der Waals surface area contributed by atoms with Crippen molar-refractivity contribution in [2.24, 2.45) is 0 Å². The first kappa shape index (κ1) is 33.8. The molecule has 4 nitrogen and oxygen atoms in total. The van der Waals surface area contributed by atoms with E-state index in [1.54, 1.807) is 0 Å². The summed E-state index contributed by atoms with van der Waals surface area (Å²) in [5.74, 6) is 1.98. The largest absolute Gasteiger partial charge is 0.457 e. The minimum atomic E-state index is 0.562. The number of benzene rings is 9. The minimum Gasteiger partial charge on any atom is -0.457 e. The van der Waals surface area contributed by atoms with Crippen molar-refractivity contribution in [1.29, 1.82) is 0 Å². The Morgan fingerprint density at radius 2 is 0.912 bits per heavy atom. The second-order valence-corrected chi connectivity index (χ2v) is 14.0. The number of fused-ring (bicyclic) bond motifs is 2. The van der Waals surface area contributed by atoms with Crippen molar-refractivity contribution < 1.29 is 9.15 Å². The fourth-order valence-electron chi connectivity index (χ4n) is 7.50. The lowest BCUT2D eigenvalue weighted by Crippen LogP contribution is -2.10. The van der Waals surface area contributed by atoms with Gasteiger partial charge in [-0.1, -0.05) is 152 Å². The smallest absolute Gasteiger partial charge is 0.228 e. The molecule has 4 heteroatoms. The summed E-state index contributed by atoms with van der Waals surface area (Å²) in [5.41, 5.74) is 12.6. The average molecular weight is 733 g/mol. The molecule has 270 valence electrons. The Bertz CT molecular complexity index is 2920. The first-order valence-corrected chi connectivity index (χ1v) is 19.1. The summed E-state index contributed by atoms with van der Waals surface area (Å²) in [5, 5.41) is 2.09. The quantitative estimate of drug-likeness (QED) is 0.148. The van der Waals surface area contributed by atoms with E-state index in [-0.39, 0.29) is 0 Å². The second-order valence-electron chi connectivity index (χ2n) is 14.0. The van der Waals surface area contributed by atoms with E-state index in [0.29, 0.717) is 17.4 Å². The molecule has 57 heavy (non-hydrogen) atoms. The van der Waals surface area contributed by atoms with Gasteiger partial charge in [-0.2, -0.15) is 0 Å². The van der Waals surface area contributed by atoms with Crippen molar-refractivity contribution in [1.82, 2.24) is 4.98 Å². The Hall–Kier alpha value is -7.69. The highest BCUT2D eigenvalue weighted by Crippen LogP contribution is 2.40. The maximum absolute atomic E-state index is 6.68. The molecule has 0 radical (unpaired) electrons. The molecule has 0 fully saturated rings. The summed E-state index contributed by atoms with van der Waals surface area (Å²) in [6, 6.07) is 75.7. The Morgan fingerprint density at radius 1 is 0.386 bits per heavy atom. The van der Waals surface area contributed by atoms with Gasteiger partial charge in [0.2, 0.25) is 5.89 Å². The summed E-state index contributed by atoms with van der Waals surface area (Å²) >= 11 is 0. The highest BCUT2D eigenvalue weighted by molar-refractivity contribution is 5.97. The average Bonchev–Trinajstić information content (AvgIpc) is 3.72. The third kappa shape index (κ3) is 6.93. The van der Waals surface area contributed by atoms with Crippen LogP contribution < -0.4 is 9.64 Å². The summed E-state index contributed by atoms with van der Waals surface area (Å²) in [4.78, 5) is 7.10. The fourth-order valence-corrected chi connectivity index (χ4v) is 7.50. The van der Waals surface area contributed by atoms with Gasteiger partial charge < -0.3 is 14.1 Å². The maximum Gasteiger partial charge on any atom is 0.228 e. The van der Waals surface area contributed by atoms with Crippen LogP contribution in [0.5, 0.6) is 11.5 Å². The van der Waals surface area contributed by atoms with E-state index < -0.39 is 0 Å². The van der Waals surface area contributed by atoms with Crippen molar-refractivity contribution in [3.8, 4) is 56.3 Å². The molecule has 10 aromatic rings. The third-order valence-electron chi connectivity index (χ3n) is 10.4. The Labute approximate surface area is 331 Å². The molecule has 0 aliphatic carbocycles. The van der Waals surface area contributed by atoms with E-state index in [2.05, 4.69) is 157 Å². The van der Waals surface area contributed by atoms with Gasteiger partial charge in [0.25, 0.3) is 0 Å². The maximum atomic E-state index is 6.68. The summed E-state index contributed by atoms with van der Waals surface area (Å²) in [6.07, 6.45) is 0. The molecule has 0 atom stereocenters. The molecule has 9 aromatic carbocycles. The first-order chi connectivity index (χ1) is 28.2. The van der Waals surface area contributed by atoms with Crippen molar-refractivity contribution in [3.63, 3.8) is 0 Å². The number of aromatic nitrogens is 1. The van der Waals surface area contributed by atoms with Crippen LogP contribution in [0, 0.1) is 0 Å². The number of anilines is 3. The summed E-state index contributed by atoms with van der Waals surface area (Å²) in [6.45, 7) is 0. The van der Waals surface area contributed by atoms with Crippen molar-refractivity contribution in [2.45, 2.75) is 0 Å². The Kier molecular flexibility index (Phi) is 8.82. The van der Waals surface area contributed by atoms with Gasteiger partial charge in [0, 0.05) is 28.7 Å². The standard InChI is InChI=1S/C53H36N2O2/c1-3-12-37(13-4-1)39-22-24-40(25-23-39)42-28-32-45(33-29-42)55(44-30-26-41(27-31-44)38-14-5-2-6-15-38)46-17-11-18-47(35-46)56-48-34-43-16-7-8-19-49(43)50(36-48)53-54-51-20-9-10-21-52(51)57-53/h1-36H. The molecule has 10 rings (SSSR count). The van der Waals surface area contributed by atoms with Crippen molar-refractivity contribution in [3.05, 3.63) is 218 Å². The van der Waals surface area contributed by atoms with E-state index in [1.807, 2.05) is 66.7 Å². The molecule has 0 aliphatic heterocycles. The number of rotatable bonds is 9. The zero-order valence-electron chi connectivity index (χ0n) is 31.0. The molecular weight excluding hydrogens is 697 g/mol. The number of hydrogen-bond donors (Lipinski definition) is 0. The van der Waals surface area contributed by atoms with E-state index in [0.717, 1.165) is 55.6 Å². The van der Waals surface area contributed by atoms with E-state index >= 15 is 0 Å². The van der Waals surface area contributed by atoms with Gasteiger partial charge in [-0.15, -0.1) is 0 Å². The fraction of sp³-hybridized carbons (Fsp3) is 0. The van der Waals surface area contributed by atoms with Crippen molar-refractivity contribution >= 4 is 38.9 Å². The zero-order valence-corrected chi connectivity index (χ0v) is 31.0. The molecule has 1 heterocycles. The van der Waals surface area contributed by atoms with Gasteiger partial charge in [0.1, 0.15) is 17.0 Å². The minimum absolute atomic E-state index is 0.562. The van der Waals surface area contributed by atoms with Crippen molar-refractivity contribution in [2.75, 3.05) is 4.90 Å². The number of para-hydroxylation sites is 2. The number of hydrogen-bond acceptors (Lipinski definition) is 4. The number of nitrogens with zero attached hydrogens (tertiary/aromatic N) is 2. The van der Waals surface area contributed by atoms with Crippen LogP contribution in [0.25, 0.3) is 66.7 Å². The van der Waals surface area contributed by atoms with Crippen LogP contribution in [0.2, 0.25) is 0 Å². The van der Waals surface area contributed by atoms with Crippen LogP contribution in [-0.4, -0.2) is 4.98 Å². The Morgan fingerprint density at radius 3 is 1.53 bits per heavy atom. The molecule has 0 aliphatic rings. The normalized spacial score (nSPS) is 11.2. The lowest BCUT2D eigenvalue weighted by atomic mass is 10.00. The van der Waals surface area contributed by atoms with Gasteiger partial charge >= 0.3 is 0 Å². The Balaban J connectivity index is 1.00. The highest BCUT2D eigenvalue weighted by Gasteiger charge is 2.17. The first-order valence-electron chi connectivity index (χ1n) is 19.1. The SMILES string of the molecule is c1ccc(-c2ccc(-c3ccc(N(c4ccc(-c5ccccc5)cc4)c4cccc(Oc5cc(-c6nc7ccccc7o6)c6ccccc6c5)c4)cc3)cc2)cc1. The summed E-state index contributed by atoms with van der Waals surface area (Å²) < 4.78 is 12.9. The number of oxazole rings is 1. The predicted molar refractivity (Wildman–Crippen MR) is 234 cm³/mol. The molecule has 1 aromatic heterocycles. The van der Waals surface area contributed by atoms with E-state index in [4.69, 9.17) is 14.1 Å². The van der Waals surface area contributed by atoms with Crippen LogP contribution in [0.3, 0.4) is 0 Å². The second kappa shape index (κ2) is 14.9. The lowest BCUT2D eigenvalue weighted by Gasteiger charge is -2.26. The zero-order chi connectivity index (χ0) is 38.0.